The van der Waals surface area contributed by atoms with E-state index in [0.717, 1.165) is 22.7 Å². The average Bonchev–Trinajstić information content (AvgIpc) is 4.01. The highest BCUT2D eigenvalue weighted by Gasteiger charge is 2.19. The highest BCUT2D eigenvalue weighted by atomic mass is 32.1. The molecule has 0 unspecified atom stereocenters. The quantitative estimate of drug-likeness (QED) is 0.162. The molecule has 0 saturated heterocycles. The van der Waals surface area contributed by atoms with Gasteiger partial charge in [-0.1, -0.05) is 152 Å². The summed E-state index contributed by atoms with van der Waals surface area (Å²) in [5, 5.41) is 10.2. The number of fused-ring (bicyclic) bond motifs is 11. The molecular weight excluding hydrogens is 789 g/mol. The summed E-state index contributed by atoms with van der Waals surface area (Å²) >= 11 is 3.75. The molecule has 0 aliphatic carbocycles. The molecule has 0 aliphatic rings. The fourth-order valence-electron chi connectivity index (χ4n) is 9.68. The van der Waals surface area contributed by atoms with Crippen LogP contribution < -0.4 is 4.90 Å². The minimum absolute atomic E-state index is 1.11. The van der Waals surface area contributed by atoms with Crippen molar-refractivity contribution in [2.24, 2.45) is 0 Å². The number of hydrogen-bond donors (Lipinski definition) is 0. The number of benzene rings is 10. The van der Waals surface area contributed by atoms with Crippen LogP contribution in [0.5, 0.6) is 0 Å². The molecule has 0 atom stereocenters. The lowest BCUT2D eigenvalue weighted by Gasteiger charge is -2.26. The van der Waals surface area contributed by atoms with E-state index in [2.05, 4.69) is 228 Å². The molecular formula is C58H36N2S2. The van der Waals surface area contributed by atoms with E-state index in [-0.39, 0.29) is 0 Å². The Hall–Kier alpha value is -7.50. The number of para-hydroxylation sites is 1. The van der Waals surface area contributed by atoms with Gasteiger partial charge in [-0.2, -0.15) is 0 Å². The molecule has 0 N–H and O–H groups in total. The maximum atomic E-state index is 2.45. The van der Waals surface area contributed by atoms with Gasteiger partial charge in [-0.15, -0.1) is 22.7 Å². The van der Waals surface area contributed by atoms with Crippen molar-refractivity contribution < 1.29 is 0 Å². The molecule has 0 fully saturated rings. The van der Waals surface area contributed by atoms with Crippen molar-refractivity contribution in [1.82, 2.24) is 4.57 Å². The van der Waals surface area contributed by atoms with E-state index in [9.17, 15) is 0 Å². The number of aromatic nitrogens is 1. The highest BCUT2D eigenvalue weighted by molar-refractivity contribution is 7.26. The predicted octanol–water partition coefficient (Wildman–Crippen LogP) is 17.5. The number of rotatable bonds is 6. The normalized spacial score (nSPS) is 11.9. The fourth-order valence-corrected chi connectivity index (χ4v) is 12.0. The van der Waals surface area contributed by atoms with Gasteiger partial charge >= 0.3 is 0 Å². The summed E-state index contributed by atoms with van der Waals surface area (Å²) in [7, 11) is 0. The molecule has 3 heterocycles. The van der Waals surface area contributed by atoms with E-state index >= 15 is 0 Å². The monoisotopic (exact) mass is 824 g/mol. The highest BCUT2D eigenvalue weighted by Crippen LogP contribution is 2.46. The second kappa shape index (κ2) is 14.0. The van der Waals surface area contributed by atoms with E-state index in [1.54, 1.807) is 0 Å². The number of nitrogens with zero attached hydrogens (tertiary/aromatic N) is 2. The van der Waals surface area contributed by atoms with Gasteiger partial charge in [0.25, 0.3) is 0 Å². The Labute approximate surface area is 366 Å². The third-order valence-electron chi connectivity index (χ3n) is 12.6. The van der Waals surface area contributed by atoms with E-state index < -0.39 is 0 Å². The fraction of sp³-hybridized carbons (Fsp3) is 0. The van der Waals surface area contributed by atoms with Crippen LogP contribution >= 0.6 is 22.7 Å². The SMILES string of the molecule is c1ccc(-c2cccc3c2sc2cc(N(c4ccc(-c5ccc6c7ccc8ccccc8c7n(-c7ccccc7)c6c5)cc4)c4ccc5sc6ccccc6c5c4)ccc23)cc1. The van der Waals surface area contributed by atoms with Crippen LogP contribution in [0, 0.1) is 0 Å². The molecule has 13 aromatic rings. The molecule has 10 aromatic carbocycles. The van der Waals surface area contributed by atoms with Crippen LogP contribution in [-0.4, -0.2) is 4.57 Å². The Morgan fingerprint density at radius 2 is 0.984 bits per heavy atom. The second-order valence-corrected chi connectivity index (χ2v) is 18.2. The zero-order chi connectivity index (χ0) is 40.7. The smallest absolute Gasteiger partial charge is 0.0619 e. The maximum absolute atomic E-state index is 2.45. The van der Waals surface area contributed by atoms with Gasteiger partial charge in [0.1, 0.15) is 0 Å². The summed E-state index contributed by atoms with van der Waals surface area (Å²) < 4.78 is 7.66. The molecule has 0 bridgehead atoms. The summed E-state index contributed by atoms with van der Waals surface area (Å²) in [5.74, 6) is 0. The van der Waals surface area contributed by atoms with Gasteiger partial charge in [0.15, 0.2) is 0 Å². The van der Waals surface area contributed by atoms with Crippen molar-refractivity contribution in [2.45, 2.75) is 0 Å². The van der Waals surface area contributed by atoms with Crippen LogP contribution in [0.2, 0.25) is 0 Å². The lowest BCUT2D eigenvalue weighted by molar-refractivity contribution is 1.19. The minimum Gasteiger partial charge on any atom is -0.310 e. The molecule has 4 heteroatoms. The van der Waals surface area contributed by atoms with Crippen LogP contribution in [0.1, 0.15) is 0 Å². The van der Waals surface area contributed by atoms with E-state index in [4.69, 9.17) is 0 Å². The molecule has 62 heavy (non-hydrogen) atoms. The molecule has 290 valence electrons. The molecule has 0 aliphatic heterocycles. The first-order chi connectivity index (χ1) is 30.7. The van der Waals surface area contributed by atoms with Crippen molar-refractivity contribution in [3.8, 4) is 27.9 Å². The minimum atomic E-state index is 1.11. The van der Waals surface area contributed by atoms with Crippen molar-refractivity contribution in [1.29, 1.82) is 0 Å². The van der Waals surface area contributed by atoms with Crippen molar-refractivity contribution in [3.63, 3.8) is 0 Å². The van der Waals surface area contributed by atoms with E-state index in [0.29, 0.717) is 0 Å². The molecule has 0 amide bonds. The van der Waals surface area contributed by atoms with Crippen LogP contribution in [0.15, 0.2) is 218 Å². The third-order valence-corrected chi connectivity index (χ3v) is 14.9. The summed E-state index contributed by atoms with van der Waals surface area (Å²) in [5.41, 5.74) is 11.9. The molecule has 13 rings (SSSR count). The van der Waals surface area contributed by atoms with Gasteiger partial charge in [-0.25, -0.2) is 0 Å². The van der Waals surface area contributed by atoms with Gasteiger partial charge in [0, 0.05) is 79.3 Å². The Morgan fingerprint density at radius 3 is 1.85 bits per heavy atom. The third kappa shape index (κ3) is 5.54. The summed E-state index contributed by atoms with van der Waals surface area (Å²) in [6.07, 6.45) is 0. The lowest BCUT2D eigenvalue weighted by Crippen LogP contribution is -2.09. The first-order valence-electron chi connectivity index (χ1n) is 21.1. The Bertz CT molecular complexity index is 3860. The maximum Gasteiger partial charge on any atom is 0.0619 e. The molecule has 0 spiro atoms. The van der Waals surface area contributed by atoms with Gasteiger partial charge in [0.2, 0.25) is 0 Å². The topological polar surface area (TPSA) is 8.17 Å². The van der Waals surface area contributed by atoms with Gasteiger partial charge < -0.3 is 9.47 Å². The molecule has 3 aromatic heterocycles. The Morgan fingerprint density at radius 1 is 0.339 bits per heavy atom. The van der Waals surface area contributed by atoms with Gasteiger partial charge in [-0.3, -0.25) is 0 Å². The van der Waals surface area contributed by atoms with Gasteiger partial charge in [0.05, 0.1) is 11.0 Å². The first kappa shape index (κ1) is 35.3. The largest absolute Gasteiger partial charge is 0.310 e. The molecule has 0 saturated carbocycles. The summed E-state index contributed by atoms with van der Waals surface area (Å²) in [4.78, 5) is 2.43. The van der Waals surface area contributed by atoms with E-state index in [1.807, 2.05) is 22.7 Å². The zero-order valence-electron chi connectivity index (χ0n) is 33.5. The van der Waals surface area contributed by atoms with Crippen molar-refractivity contribution >= 4 is 113 Å². The molecule has 0 radical (unpaired) electrons. The van der Waals surface area contributed by atoms with Crippen molar-refractivity contribution in [3.05, 3.63) is 218 Å². The predicted molar refractivity (Wildman–Crippen MR) is 270 cm³/mol. The van der Waals surface area contributed by atoms with Crippen LogP contribution in [0.4, 0.5) is 17.1 Å². The van der Waals surface area contributed by atoms with Crippen LogP contribution in [0.25, 0.3) is 101 Å². The number of thiophene rings is 2. The standard InChI is InChI=1S/C58H36N2S2/c1-3-12-38(13-4-1)46-19-11-20-51-49-32-28-44(36-56(49)62-58(46)51)59(43-29-33-55-52(35-43)48-18-9-10-21-54(48)61-55)42-26-22-37(23-27-42)40-25-30-47-50-31-24-39-14-7-8-17-45(39)57(50)60(53(47)34-40)41-15-5-2-6-16-41/h1-36H. The average molecular weight is 825 g/mol. The first-order valence-corrected chi connectivity index (χ1v) is 22.7. The molecule has 2 nitrogen and oxygen atoms in total. The van der Waals surface area contributed by atoms with Crippen molar-refractivity contribution in [2.75, 3.05) is 4.90 Å². The number of anilines is 3. The lowest BCUT2D eigenvalue weighted by atomic mass is 10.0. The Kier molecular flexibility index (Phi) is 7.99. The van der Waals surface area contributed by atoms with Gasteiger partial charge in [-0.05, 0) is 94.4 Å². The second-order valence-electron chi connectivity index (χ2n) is 16.1. The van der Waals surface area contributed by atoms with Crippen LogP contribution in [-0.2, 0) is 0 Å². The summed E-state index contributed by atoms with van der Waals surface area (Å²) in [6.45, 7) is 0. The van der Waals surface area contributed by atoms with E-state index in [1.165, 1.54) is 95.2 Å². The number of hydrogen-bond acceptors (Lipinski definition) is 3. The van der Waals surface area contributed by atoms with Crippen LogP contribution in [0.3, 0.4) is 0 Å². The zero-order valence-corrected chi connectivity index (χ0v) is 35.1. The summed E-state index contributed by atoms with van der Waals surface area (Å²) in [6, 6.07) is 80.4. The Balaban J connectivity index is 0.966.